The Kier molecular flexibility index (Phi) is 3.78. The predicted octanol–water partition coefficient (Wildman–Crippen LogP) is 4.40. The molecule has 0 amide bonds. The number of aryl methyl sites for hydroxylation is 1. The third-order valence-corrected chi connectivity index (χ3v) is 3.24. The van der Waals surface area contributed by atoms with Crippen molar-refractivity contribution in [1.29, 1.82) is 0 Å². The van der Waals surface area contributed by atoms with Gasteiger partial charge in [0.15, 0.2) is 0 Å². The molecule has 0 saturated carbocycles. The second-order valence-corrected chi connectivity index (χ2v) is 4.93. The van der Waals surface area contributed by atoms with Crippen LogP contribution in [-0.4, -0.2) is 0 Å². The number of halogens is 1. The van der Waals surface area contributed by atoms with Crippen molar-refractivity contribution in [3.63, 3.8) is 0 Å². The zero-order valence-corrected chi connectivity index (χ0v) is 11.3. The first-order chi connectivity index (χ1) is 8.56. The van der Waals surface area contributed by atoms with Crippen LogP contribution in [0.15, 0.2) is 42.5 Å². The first kappa shape index (κ1) is 12.8. The van der Waals surface area contributed by atoms with Gasteiger partial charge in [0, 0.05) is 22.4 Å². The van der Waals surface area contributed by atoms with E-state index in [1.54, 1.807) is 0 Å². The van der Waals surface area contributed by atoms with Gasteiger partial charge in [-0.05, 0) is 55.3 Å². The van der Waals surface area contributed by atoms with Gasteiger partial charge in [0.2, 0.25) is 0 Å². The van der Waals surface area contributed by atoms with E-state index in [0.29, 0.717) is 0 Å². The molecule has 0 aliphatic rings. The number of nitrogens with two attached hydrogens (primary N) is 1. The first-order valence-corrected chi connectivity index (χ1v) is 6.32. The third-order valence-electron chi connectivity index (χ3n) is 2.99. The summed E-state index contributed by atoms with van der Waals surface area (Å²) in [5, 5.41) is 4.23. The Morgan fingerprint density at radius 1 is 1.11 bits per heavy atom. The highest BCUT2D eigenvalue weighted by atomic mass is 35.5. The van der Waals surface area contributed by atoms with Crippen molar-refractivity contribution >= 4 is 23.0 Å². The number of hydrogen-bond acceptors (Lipinski definition) is 2. The molecule has 1 atom stereocenters. The van der Waals surface area contributed by atoms with E-state index in [-0.39, 0.29) is 6.04 Å². The van der Waals surface area contributed by atoms with Gasteiger partial charge in [-0.25, -0.2) is 0 Å². The van der Waals surface area contributed by atoms with Crippen LogP contribution in [-0.2, 0) is 0 Å². The molecule has 18 heavy (non-hydrogen) atoms. The molecule has 0 aromatic heterocycles. The second kappa shape index (κ2) is 5.32. The summed E-state index contributed by atoms with van der Waals surface area (Å²) in [4.78, 5) is 0. The molecule has 2 aromatic rings. The van der Waals surface area contributed by atoms with Crippen molar-refractivity contribution in [3.8, 4) is 0 Å². The fourth-order valence-corrected chi connectivity index (χ4v) is 2.04. The van der Waals surface area contributed by atoms with Gasteiger partial charge in [-0.3, -0.25) is 0 Å². The fourth-order valence-electron chi connectivity index (χ4n) is 1.92. The lowest BCUT2D eigenvalue weighted by atomic mass is 10.1. The Labute approximate surface area is 113 Å². The van der Waals surface area contributed by atoms with Gasteiger partial charge in [-0.2, -0.15) is 0 Å². The average molecular weight is 261 g/mol. The van der Waals surface area contributed by atoms with Gasteiger partial charge in [0.05, 0.1) is 0 Å². The van der Waals surface area contributed by atoms with E-state index in [1.807, 2.05) is 49.4 Å². The van der Waals surface area contributed by atoms with Gasteiger partial charge < -0.3 is 11.1 Å². The molecule has 2 aromatic carbocycles. The topological polar surface area (TPSA) is 38.0 Å². The minimum atomic E-state index is 0.226. The highest BCUT2D eigenvalue weighted by Gasteiger charge is 2.06. The summed E-state index contributed by atoms with van der Waals surface area (Å²) in [5.74, 6) is 0. The molecule has 94 valence electrons. The molecule has 0 aliphatic heterocycles. The molecule has 3 heteroatoms. The average Bonchev–Trinajstić information content (AvgIpc) is 2.33. The zero-order chi connectivity index (χ0) is 13.1. The Hall–Kier alpha value is -1.67. The van der Waals surface area contributed by atoms with Gasteiger partial charge in [-0.1, -0.05) is 23.7 Å². The Morgan fingerprint density at radius 3 is 2.39 bits per heavy atom. The lowest BCUT2D eigenvalue weighted by Gasteiger charge is -2.17. The van der Waals surface area contributed by atoms with Crippen molar-refractivity contribution in [2.75, 3.05) is 11.1 Å². The number of rotatable bonds is 3. The Morgan fingerprint density at radius 2 is 1.78 bits per heavy atom. The minimum Gasteiger partial charge on any atom is -0.399 e. The van der Waals surface area contributed by atoms with Crippen molar-refractivity contribution in [2.24, 2.45) is 0 Å². The molecule has 0 heterocycles. The number of nitrogen functional groups attached to an aromatic ring is 1. The third kappa shape index (κ3) is 2.96. The molecular weight excluding hydrogens is 244 g/mol. The number of anilines is 2. The van der Waals surface area contributed by atoms with E-state index in [0.717, 1.165) is 22.0 Å². The Bertz CT molecular complexity index is 535. The lowest BCUT2D eigenvalue weighted by Crippen LogP contribution is -2.07. The van der Waals surface area contributed by atoms with Gasteiger partial charge >= 0.3 is 0 Å². The van der Waals surface area contributed by atoms with Crippen LogP contribution in [0.4, 0.5) is 11.4 Å². The van der Waals surface area contributed by atoms with Crippen molar-refractivity contribution in [3.05, 3.63) is 58.6 Å². The molecule has 1 unspecified atom stereocenters. The number of hydrogen-bond donors (Lipinski definition) is 2. The highest BCUT2D eigenvalue weighted by molar-refractivity contribution is 6.30. The first-order valence-electron chi connectivity index (χ1n) is 5.94. The zero-order valence-electron chi connectivity index (χ0n) is 10.6. The minimum absolute atomic E-state index is 0.226. The van der Waals surface area contributed by atoms with Crippen LogP contribution in [0.5, 0.6) is 0 Å². The summed E-state index contributed by atoms with van der Waals surface area (Å²) < 4.78 is 0. The highest BCUT2D eigenvalue weighted by Crippen LogP contribution is 2.24. The molecule has 0 aliphatic carbocycles. The molecule has 0 radical (unpaired) electrons. The van der Waals surface area contributed by atoms with E-state index in [4.69, 9.17) is 17.3 Å². The maximum absolute atomic E-state index is 5.88. The van der Waals surface area contributed by atoms with Gasteiger partial charge in [0.1, 0.15) is 0 Å². The molecule has 0 bridgehead atoms. The standard InChI is InChI=1S/C15H17ClN2/c1-10-9-14(17)7-8-15(10)18-11(2)12-3-5-13(16)6-4-12/h3-9,11,18H,17H2,1-2H3. The van der Waals surface area contributed by atoms with Crippen molar-refractivity contribution in [1.82, 2.24) is 0 Å². The second-order valence-electron chi connectivity index (χ2n) is 4.49. The largest absolute Gasteiger partial charge is 0.399 e. The van der Waals surface area contributed by atoms with E-state index in [1.165, 1.54) is 5.56 Å². The predicted molar refractivity (Wildman–Crippen MR) is 79.1 cm³/mol. The number of benzene rings is 2. The van der Waals surface area contributed by atoms with Crippen LogP contribution in [0.3, 0.4) is 0 Å². The molecule has 0 saturated heterocycles. The van der Waals surface area contributed by atoms with Crippen LogP contribution in [0.1, 0.15) is 24.1 Å². The Balaban J connectivity index is 2.15. The molecule has 2 rings (SSSR count). The SMILES string of the molecule is Cc1cc(N)ccc1NC(C)c1ccc(Cl)cc1. The summed E-state index contributed by atoms with van der Waals surface area (Å²) in [6, 6.07) is 14.0. The summed E-state index contributed by atoms with van der Waals surface area (Å²) in [7, 11) is 0. The maximum atomic E-state index is 5.88. The summed E-state index contributed by atoms with van der Waals surface area (Å²) in [5.41, 5.74) is 9.99. The van der Waals surface area contributed by atoms with Crippen LogP contribution in [0.2, 0.25) is 5.02 Å². The smallest absolute Gasteiger partial charge is 0.0485 e. The van der Waals surface area contributed by atoms with Crippen LogP contribution < -0.4 is 11.1 Å². The maximum Gasteiger partial charge on any atom is 0.0485 e. The van der Waals surface area contributed by atoms with Gasteiger partial charge in [-0.15, -0.1) is 0 Å². The summed E-state index contributed by atoms with van der Waals surface area (Å²) in [6.07, 6.45) is 0. The summed E-state index contributed by atoms with van der Waals surface area (Å²) >= 11 is 5.88. The van der Waals surface area contributed by atoms with Crippen LogP contribution in [0.25, 0.3) is 0 Å². The van der Waals surface area contributed by atoms with Crippen LogP contribution in [0, 0.1) is 6.92 Å². The molecular formula is C15H17ClN2. The van der Waals surface area contributed by atoms with E-state index < -0.39 is 0 Å². The monoisotopic (exact) mass is 260 g/mol. The van der Waals surface area contributed by atoms with Crippen molar-refractivity contribution < 1.29 is 0 Å². The number of nitrogens with one attached hydrogen (secondary N) is 1. The molecule has 2 nitrogen and oxygen atoms in total. The molecule has 0 spiro atoms. The quantitative estimate of drug-likeness (QED) is 0.803. The van der Waals surface area contributed by atoms with Gasteiger partial charge in [0.25, 0.3) is 0 Å². The van der Waals surface area contributed by atoms with Crippen molar-refractivity contribution in [2.45, 2.75) is 19.9 Å². The fraction of sp³-hybridized carbons (Fsp3) is 0.200. The molecule has 0 fully saturated rings. The normalized spacial score (nSPS) is 12.2. The lowest BCUT2D eigenvalue weighted by molar-refractivity contribution is 0.883. The van der Waals surface area contributed by atoms with E-state index in [9.17, 15) is 0 Å². The summed E-state index contributed by atoms with van der Waals surface area (Å²) in [6.45, 7) is 4.17. The molecule has 3 N–H and O–H groups in total. The van der Waals surface area contributed by atoms with Crippen LogP contribution >= 0.6 is 11.6 Å². The van der Waals surface area contributed by atoms with E-state index in [2.05, 4.69) is 12.2 Å². The van der Waals surface area contributed by atoms with E-state index >= 15 is 0 Å².